The number of hydrogen-bond acceptors (Lipinski definition) is 2. The maximum absolute atomic E-state index is 12.9. The van der Waals surface area contributed by atoms with Gasteiger partial charge in [0, 0.05) is 6.54 Å². The molecule has 1 unspecified atom stereocenters. The lowest BCUT2D eigenvalue weighted by atomic mass is 10.2. The number of halogens is 2. The molecule has 0 spiro atoms. The van der Waals surface area contributed by atoms with Gasteiger partial charge in [-0.3, -0.25) is 0 Å². The molecular formula is C9H20ClFN2. The minimum atomic E-state index is -0.562. The van der Waals surface area contributed by atoms with Crippen LogP contribution in [0.1, 0.15) is 25.7 Å². The van der Waals surface area contributed by atoms with Crippen LogP contribution >= 0.6 is 12.4 Å². The minimum Gasteiger partial charge on any atom is -0.330 e. The van der Waals surface area contributed by atoms with Crippen LogP contribution in [0.4, 0.5) is 4.39 Å². The Hall–Kier alpha value is 0.140. The van der Waals surface area contributed by atoms with Gasteiger partial charge in [-0.2, -0.15) is 0 Å². The molecule has 1 heterocycles. The predicted octanol–water partition coefficient (Wildman–Crippen LogP) is 1.58. The molecule has 4 heteroatoms. The average molecular weight is 211 g/mol. The van der Waals surface area contributed by atoms with Crippen LogP contribution in [0.5, 0.6) is 0 Å². The zero-order valence-electron chi connectivity index (χ0n) is 8.04. The Morgan fingerprint density at radius 2 is 2.08 bits per heavy atom. The third kappa shape index (κ3) is 5.45. The smallest absolute Gasteiger partial charge is 0.101 e. The second-order valence-electron chi connectivity index (χ2n) is 3.51. The highest BCUT2D eigenvalue weighted by atomic mass is 35.5. The van der Waals surface area contributed by atoms with Gasteiger partial charge in [0.15, 0.2) is 0 Å². The SMILES string of the molecule is Cl.NCCCN1CCCC(F)CC1. The van der Waals surface area contributed by atoms with Gasteiger partial charge in [0.05, 0.1) is 0 Å². The van der Waals surface area contributed by atoms with Crippen molar-refractivity contribution in [3.63, 3.8) is 0 Å². The standard InChI is InChI=1S/C9H19FN2.ClH/c10-9-3-1-6-12(8-4-9)7-2-5-11;/h9H,1-8,11H2;1H. The molecule has 0 bridgehead atoms. The zero-order chi connectivity index (χ0) is 8.81. The summed E-state index contributed by atoms with van der Waals surface area (Å²) in [6, 6.07) is 0. The van der Waals surface area contributed by atoms with Crippen LogP contribution in [0.25, 0.3) is 0 Å². The van der Waals surface area contributed by atoms with E-state index < -0.39 is 6.17 Å². The largest absolute Gasteiger partial charge is 0.330 e. The highest BCUT2D eigenvalue weighted by Crippen LogP contribution is 2.13. The molecular weight excluding hydrogens is 191 g/mol. The van der Waals surface area contributed by atoms with E-state index in [2.05, 4.69) is 4.90 Å². The number of likely N-dealkylation sites (tertiary alicyclic amines) is 1. The molecule has 0 aliphatic carbocycles. The molecule has 13 heavy (non-hydrogen) atoms. The molecule has 0 aromatic carbocycles. The maximum atomic E-state index is 12.9. The van der Waals surface area contributed by atoms with Gasteiger partial charge < -0.3 is 10.6 Å². The summed E-state index contributed by atoms with van der Waals surface area (Å²) < 4.78 is 12.9. The summed E-state index contributed by atoms with van der Waals surface area (Å²) >= 11 is 0. The molecule has 2 N–H and O–H groups in total. The molecule has 1 aliphatic heterocycles. The first kappa shape index (κ1) is 13.1. The van der Waals surface area contributed by atoms with Crippen molar-refractivity contribution < 1.29 is 4.39 Å². The highest BCUT2D eigenvalue weighted by molar-refractivity contribution is 5.85. The normalized spacial score (nSPS) is 24.9. The molecule has 0 aromatic rings. The summed E-state index contributed by atoms with van der Waals surface area (Å²) in [7, 11) is 0. The van der Waals surface area contributed by atoms with E-state index in [0.29, 0.717) is 6.42 Å². The van der Waals surface area contributed by atoms with Crippen LogP contribution < -0.4 is 5.73 Å². The van der Waals surface area contributed by atoms with Gasteiger partial charge in [-0.05, 0) is 45.3 Å². The first-order chi connectivity index (χ1) is 5.83. The molecule has 1 aliphatic rings. The monoisotopic (exact) mass is 210 g/mol. The van der Waals surface area contributed by atoms with Crippen molar-refractivity contribution in [2.75, 3.05) is 26.2 Å². The molecule has 1 rings (SSSR count). The van der Waals surface area contributed by atoms with E-state index >= 15 is 0 Å². The van der Waals surface area contributed by atoms with Crippen LogP contribution in [0, 0.1) is 0 Å². The topological polar surface area (TPSA) is 29.3 Å². The molecule has 80 valence electrons. The number of rotatable bonds is 3. The van der Waals surface area contributed by atoms with Gasteiger partial charge in [0.2, 0.25) is 0 Å². The van der Waals surface area contributed by atoms with Crippen LogP contribution in [-0.4, -0.2) is 37.3 Å². The van der Waals surface area contributed by atoms with Gasteiger partial charge in [-0.15, -0.1) is 12.4 Å². The Labute approximate surface area is 86.1 Å². The molecule has 2 nitrogen and oxygen atoms in total. The summed E-state index contributed by atoms with van der Waals surface area (Å²) in [6.07, 6.45) is 2.94. The third-order valence-corrected chi connectivity index (χ3v) is 2.43. The Bertz CT molecular complexity index is 122. The molecule has 1 saturated heterocycles. The molecule has 1 fully saturated rings. The van der Waals surface area contributed by atoms with E-state index in [1.807, 2.05) is 0 Å². The van der Waals surface area contributed by atoms with Gasteiger partial charge in [-0.25, -0.2) is 4.39 Å². The quantitative estimate of drug-likeness (QED) is 0.767. The lowest BCUT2D eigenvalue weighted by Crippen LogP contribution is -2.27. The molecule has 0 amide bonds. The number of hydrogen-bond donors (Lipinski definition) is 1. The van der Waals surface area contributed by atoms with Crippen molar-refractivity contribution in [2.24, 2.45) is 5.73 Å². The second-order valence-corrected chi connectivity index (χ2v) is 3.51. The summed E-state index contributed by atoms with van der Waals surface area (Å²) in [5.41, 5.74) is 5.41. The summed E-state index contributed by atoms with van der Waals surface area (Å²) in [5.74, 6) is 0. The number of nitrogens with two attached hydrogens (primary N) is 1. The van der Waals surface area contributed by atoms with Crippen molar-refractivity contribution in [3.05, 3.63) is 0 Å². The van der Waals surface area contributed by atoms with Crippen molar-refractivity contribution in [1.29, 1.82) is 0 Å². The zero-order valence-corrected chi connectivity index (χ0v) is 8.86. The van der Waals surface area contributed by atoms with Gasteiger partial charge in [0.1, 0.15) is 6.17 Å². The molecule has 0 radical (unpaired) electrons. The van der Waals surface area contributed by atoms with Gasteiger partial charge in [0.25, 0.3) is 0 Å². The summed E-state index contributed by atoms with van der Waals surface area (Å²) in [4.78, 5) is 2.33. The minimum absolute atomic E-state index is 0. The average Bonchev–Trinajstić information content (AvgIpc) is 2.27. The first-order valence-electron chi connectivity index (χ1n) is 4.89. The second kappa shape index (κ2) is 7.54. The van der Waals surface area contributed by atoms with Crippen molar-refractivity contribution in [3.8, 4) is 0 Å². The fourth-order valence-electron chi connectivity index (χ4n) is 1.65. The van der Waals surface area contributed by atoms with E-state index in [9.17, 15) is 4.39 Å². The van der Waals surface area contributed by atoms with Crippen LogP contribution in [0.3, 0.4) is 0 Å². The van der Waals surface area contributed by atoms with Crippen molar-refractivity contribution in [1.82, 2.24) is 4.90 Å². The fraction of sp³-hybridized carbons (Fsp3) is 1.00. The number of nitrogens with zero attached hydrogens (tertiary/aromatic N) is 1. The van der Waals surface area contributed by atoms with Crippen LogP contribution in [0.15, 0.2) is 0 Å². The van der Waals surface area contributed by atoms with Gasteiger partial charge in [-0.1, -0.05) is 0 Å². The molecule has 0 aromatic heterocycles. The lowest BCUT2D eigenvalue weighted by molar-refractivity contribution is 0.262. The lowest BCUT2D eigenvalue weighted by Gasteiger charge is -2.18. The van der Waals surface area contributed by atoms with E-state index in [1.54, 1.807) is 0 Å². The molecule has 1 atom stereocenters. The maximum Gasteiger partial charge on any atom is 0.101 e. The van der Waals surface area contributed by atoms with Crippen LogP contribution in [-0.2, 0) is 0 Å². The Kier molecular flexibility index (Phi) is 7.62. The van der Waals surface area contributed by atoms with E-state index in [-0.39, 0.29) is 12.4 Å². The highest BCUT2D eigenvalue weighted by Gasteiger charge is 2.14. The Morgan fingerprint density at radius 3 is 2.77 bits per heavy atom. The van der Waals surface area contributed by atoms with E-state index in [0.717, 1.165) is 45.4 Å². The summed E-state index contributed by atoms with van der Waals surface area (Å²) in [6.45, 7) is 3.76. The van der Waals surface area contributed by atoms with Crippen molar-refractivity contribution in [2.45, 2.75) is 31.9 Å². The van der Waals surface area contributed by atoms with E-state index in [4.69, 9.17) is 5.73 Å². The van der Waals surface area contributed by atoms with E-state index in [1.165, 1.54) is 0 Å². The number of alkyl halides is 1. The Balaban J connectivity index is 0.00000144. The predicted molar refractivity (Wildman–Crippen MR) is 56.1 cm³/mol. The van der Waals surface area contributed by atoms with Crippen molar-refractivity contribution >= 4 is 12.4 Å². The third-order valence-electron chi connectivity index (χ3n) is 2.43. The van der Waals surface area contributed by atoms with Crippen LogP contribution in [0.2, 0.25) is 0 Å². The fourth-order valence-corrected chi connectivity index (χ4v) is 1.65. The Morgan fingerprint density at radius 1 is 1.31 bits per heavy atom. The first-order valence-corrected chi connectivity index (χ1v) is 4.89. The summed E-state index contributed by atoms with van der Waals surface area (Å²) in [5, 5.41) is 0. The molecule has 0 saturated carbocycles. The van der Waals surface area contributed by atoms with Gasteiger partial charge >= 0.3 is 0 Å².